The lowest BCUT2D eigenvalue weighted by molar-refractivity contribution is 0.389. The third-order valence-electron chi connectivity index (χ3n) is 3.01. The van der Waals surface area contributed by atoms with E-state index in [-0.39, 0.29) is 5.56 Å². The highest BCUT2D eigenvalue weighted by Crippen LogP contribution is 2.27. The van der Waals surface area contributed by atoms with Crippen molar-refractivity contribution in [2.24, 2.45) is 0 Å². The summed E-state index contributed by atoms with van der Waals surface area (Å²) in [7, 11) is 0. The van der Waals surface area contributed by atoms with Gasteiger partial charge in [0.05, 0.1) is 5.39 Å². The molecule has 0 unspecified atom stereocenters. The topological polar surface area (TPSA) is 71.8 Å². The highest BCUT2D eigenvalue weighted by Gasteiger charge is 2.17. The summed E-state index contributed by atoms with van der Waals surface area (Å²) < 4.78 is 5.29. The number of H-pyrrole nitrogens is 1. The first-order chi connectivity index (χ1) is 9.31. The fraction of sp³-hybridized carbons (Fsp3) is 0.214. The first-order valence-corrected chi connectivity index (χ1v) is 6.23. The molecule has 0 atom stereocenters. The smallest absolute Gasteiger partial charge is 0.294 e. The van der Waals surface area contributed by atoms with Gasteiger partial charge in [-0.25, -0.2) is 5.10 Å². The molecule has 0 saturated heterocycles. The second-order valence-corrected chi connectivity index (χ2v) is 4.35. The van der Waals surface area contributed by atoms with Gasteiger partial charge in [0.25, 0.3) is 5.56 Å². The number of aromatic nitrogens is 3. The summed E-state index contributed by atoms with van der Waals surface area (Å²) >= 11 is 0. The molecule has 0 spiro atoms. The van der Waals surface area contributed by atoms with Gasteiger partial charge in [-0.15, -0.1) is 0 Å². The van der Waals surface area contributed by atoms with Crippen molar-refractivity contribution < 1.29 is 4.52 Å². The van der Waals surface area contributed by atoms with Crippen molar-refractivity contribution in [3.63, 3.8) is 0 Å². The molecule has 2 heterocycles. The number of hydrogen-bond acceptors (Lipinski definition) is 4. The normalized spacial score (nSPS) is 11.0. The van der Waals surface area contributed by atoms with Gasteiger partial charge in [-0.2, -0.15) is 5.10 Å². The third-order valence-corrected chi connectivity index (χ3v) is 3.01. The first kappa shape index (κ1) is 11.6. The Bertz CT molecular complexity index is 759. The Kier molecular flexibility index (Phi) is 2.87. The van der Waals surface area contributed by atoms with Crippen LogP contribution in [0.1, 0.15) is 19.1 Å². The van der Waals surface area contributed by atoms with E-state index in [1.54, 1.807) is 0 Å². The van der Waals surface area contributed by atoms with Crippen LogP contribution in [0.4, 0.5) is 0 Å². The van der Waals surface area contributed by atoms with E-state index >= 15 is 0 Å². The van der Waals surface area contributed by atoms with Crippen LogP contribution in [0.2, 0.25) is 0 Å². The minimum absolute atomic E-state index is 0.317. The number of benzene rings is 1. The molecule has 0 saturated carbocycles. The number of aryl methyl sites for hydroxylation is 1. The number of nitrogens with zero attached hydrogens (tertiary/aromatic N) is 2. The van der Waals surface area contributed by atoms with Crippen LogP contribution in [0.3, 0.4) is 0 Å². The van der Waals surface area contributed by atoms with Gasteiger partial charge in [0.2, 0.25) is 0 Å². The maximum absolute atomic E-state index is 11.7. The lowest BCUT2D eigenvalue weighted by atomic mass is 10.1. The van der Waals surface area contributed by atoms with Crippen LogP contribution < -0.4 is 5.56 Å². The molecule has 0 radical (unpaired) electrons. The molecule has 19 heavy (non-hydrogen) atoms. The first-order valence-electron chi connectivity index (χ1n) is 6.23. The predicted molar refractivity (Wildman–Crippen MR) is 71.9 cm³/mol. The van der Waals surface area contributed by atoms with Crippen molar-refractivity contribution in [2.75, 3.05) is 0 Å². The van der Waals surface area contributed by atoms with Crippen molar-refractivity contribution in [1.29, 1.82) is 0 Å². The highest BCUT2D eigenvalue weighted by molar-refractivity contribution is 5.92. The molecule has 0 fully saturated rings. The lowest BCUT2D eigenvalue weighted by Gasteiger charge is -2.02. The van der Waals surface area contributed by atoms with Crippen molar-refractivity contribution in [3.05, 3.63) is 46.4 Å². The van der Waals surface area contributed by atoms with Crippen LogP contribution in [0.5, 0.6) is 0 Å². The Morgan fingerprint density at radius 1 is 1.26 bits per heavy atom. The third kappa shape index (κ3) is 1.93. The number of fused-ring (bicyclic) bond motifs is 1. The summed E-state index contributed by atoms with van der Waals surface area (Å²) in [4.78, 5) is 11.7. The van der Waals surface area contributed by atoms with Crippen LogP contribution in [0.15, 0.2) is 39.6 Å². The van der Waals surface area contributed by atoms with E-state index in [0.29, 0.717) is 11.2 Å². The zero-order chi connectivity index (χ0) is 13.2. The molecule has 0 amide bonds. The van der Waals surface area contributed by atoms with E-state index in [9.17, 15) is 4.79 Å². The van der Waals surface area contributed by atoms with Crippen LogP contribution in [-0.4, -0.2) is 15.4 Å². The number of hydrogen-bond donors (Lipinski definition) is 1. The van der Waals surface area contributed by atoms with E-state index in [0.717, 1.165) is 29.6 Å². The Hall–Kier alpha value is -2.43. The summed E-state index contributed by atoms with van der Waals surface area (Å²) in [6.07, 6.45) is 1.66. The maximum atomic E-state index is 11.7. The molecule has 0 aliphatic carbocycles. The van der Waals surface area contributed by atoms with Gasteiger partial charge in [-0.05, 0) is 6.42 Å². The van der Waals surface area contributed by atoms with Crippen LogP contribution in [0.25, 0.3) is 22.2 Å². The molecule has 0 aliphatic heterocycles. The van der Waals surface area contributed by atoms with Crippen molar-refractivity contribution in [1.82, 2.24) is 15.4 Å². The van der Waals surface area contributed by atoms with E-state index in [1.165, 1.54) is 0 Å². The Labute approximate surface area is 109 Å². The second-order valence-electron chi connectivity index (χ2n) is 4.35. The van der Waals surface area contributed by atoms with Crippen molar-refractivity contribution in [2.45, 2.75) is 19.8 Å². The van der Waals surface area contributed by atoms with Gasteiger partial charge in [0.1, 0.15) is 11.5 Å². The van der Waals surface area contributed by atoms with E-state index < -0.39 is 0 Å². The zero-order valence-electron chi connectivity index (χ0n) is 10.5. The van der Waals surface area contributed by atoms with Crippen LogP contribution in [0, 0.1) is 0 Å². The molecule has 5 nitrogen and oxygen atoms in total. The molecule has 96 valence electrons. The maximum Gasteiger partial charge on any atom is 0.294 e. The van der Waals surface area contributed by atoms with Crippen molar-refractivity contribution >= 4 is 10.9 Å². The summed E-state index contributed by atoms with van der Waals surface area (Å²) in [5.74, 6) is 0.718. The lowest BCUT2D eigenvalue weighted by Crippen LogP contribution is -2.09. The SMILES string of the molecule is CCCc1onc2c(=O)[nH]nc(-c3ccccc3)c12. The number of nitrogens with one attached hydrogen (secondary N) is 1. The Morgan fingerprint density at radius 3 is 2.79 bits per heavy atom. The van der Waals surface area contributed by atoms with Gasteiger partial charge < -0.3 is 4.52 Å². The molecule has 2 aromatic heterocycles. The fourth-order valence-electron chi connectivity index (χ4n) is 2.14. The molecular formula is C14H13N3O2. The molecule has 0 bridgehead atoms. The Balaban J connectivity index is 2.33. The molecular weight excluding hydrogens is 242 g/mol. The number of aromatic amines is 1. The van der Waals surface area contributed by atoms with E-state index in [2.05, 4.69) is 22.3 Å². The summed E-state index contributed by atoms with van der Waals surface area (Å²) in [6.45, 7) is 2.05. The van der Waals surface area contributed by atoms with Gasteiger partial charge in [-0.3, -0.25) is 4.79 Å². The monoisotopic (exact) mass is 255 g/mol. The number of rotatable bonds is 3. The highest BCUT2D eigenvalue weighted by atomic mass is 16.5. The van der Waals surface area contributed by atoms with Gasteiger partial charge in [-0.1, -0.05) is 42.4 Å². The van der Waals surface area contributed by atoms with E-state index in [4.69, 9.17) is 4.52 Å². The van der Waals surface area contributed by atoms with Crippen molar-refractivity contribution in [3.8, 4) is 11.3 Å². The fourth-order valence-corrected chi connectivity index (χ4v) is 2.14. The van der Waals surface area contributed by atoms with Gasteiger partial charge in [0.15, 0.2) is 5.52 Å². The largest absolute Gasteiger partial charge is 0.360 e. The molecule has 1 N–H and O–H groups in total. The average molecular weight is 255 g/mol. The van der Waals surface area contributed by atoms with Gasteiger partial charge in [0, 0.05) is 12.0 Å². The molecule has 5 heteroatoms. The summed E-state index contributed by atoms with van der Waals surface area (Å²) in [6, 6.07) is 9.69. The Morgan fingerprint density at radius 2 is 2.05 bits per heavy atom. The van der Waals surface area contributed by atoms with Gasteiger partial charge >= 0.3 is 0 Å². The second kappa shape index (κ2) is 4.68. The summed E-state index contributed by atoms with van der Waals surface area (Å²) in [5, 5.41) is 11.2. The predicted octanol–water partition coefficient (Wildman–Crippen LogP) is 2.53. The zero-order valence-corrected chi connectivity index (χ0v) is 10.5. The van der Waals surface area contributed by atoms with Crippen LogP contribution in [-0.2, 0) is 6.42 Å². The molecule has 1 aromatic carbocycles. The standard InChI is InChI=1S/C14H13N3O2/c1-2-6-10-11-12(9-7-4-3-5-8-9)15-16-14(18)13(11)17-19-10/h3-5,7-8H,2,6H2,1H3,(H,16,18). The molecule has 3 aromatic rings. The minimum atomic E-state index is -0.319. The summed E-state index contributed by atoms with van der Waals surface area (Å²) in [5.41, 5.74) is 1.64. The molecule has 0 aliphatic rings. The van der Waals surface area contributed by atoms with E-state index in [1.807, 2.05) is 30.3 Å². The quantitative estimate of drug-likeness (QED) is 0.780. The van der Waals surface area contributed by atoms with Crippen LogP contribution >= 0.6 is 0 Å². The minimum Gasteiger partial charge on any atom is -0.360 e. The average Bonchev–Trinajstić information content (AvgIpc) is 2.86. The molecule has 3 rings (SSSR count).